The second kappa shape index (κ2) is 14.1. The molecule has 10 heteroatoms. The first-order valence-corrected chi connectivity index (χ1v) is 18.9. The van der Waals surface area contributed by atoms with Crippen molar-refractivity contribution >= 4 is 18.5 Å². The number of hydrogen-bond donors (Lipinski definition) is 0. The summed E-state index contributed by atoms with van der Waals surface area (Å²) in [6.45, 7) is 0. The van der Waals surface area contributed by atoms with E-state index in [4.69, 9.17) is 0 Å². The maximum Gasteiger partial charge on any atom is 0.846 e. The van der Waals surface area contributed by atoms with Crippen molar-refractivity contribution in [2.45, 2.75) is 95.3 Å². The number of halogens is 7. The second-order valence-corrected chi connectivity index (χ2v) is 15.0. The molecule has 0 spiro atoms. The predicted molar refractivity (Wildman–Crippen MR) is 194 cm³/mol. The molecule has 0 saturated heterocycles. The van der Waals surface area contributed by atoms with Gasteiger partial charge in [0.25, 0.3) is 0 Å². The molecule has 3 aromatic carbocycles. The van der Waals surface area contributed by atoms with E-state index in [9.17, 15) is 0 Å². The Kier molecular flexibility index (Phi) is 9.52. The molecule has 8 rings (SSSR count). The highest BCUT2D eigenvalue weighted by molar-refractivity contribution is 6.44. The van der Waals surface area contributed by atoms with Crippen LogP contribution >= 0.6 is 0 Å². The van der Waals surface area contributed by atoms with Crippen molar-refractivity contribution in [2.24, 2.45) is 5.92 Å². The quantitative estimate of drug-likeness (QED) is 0.132. The molecular weight excluding hydrogens is 688 g/mol. The average Bonchev–Trinajstić information content (AvgIpc) is 3.68. The van der Waals surface area contributed by atoms with Crippen LogP contribution in [-0.4, -0.2) is 28.1 Å². The third-order valence-corrected chi connectivity index (χ3v) is 11.6. The second-order valence-electron chi connectivity index (χ2n) is 15.0. The van der Waals surface area contributed by atoms with Gasteiger partial charge in [-0.1, -0.05) is 130 Å². The van der Waals surface area contributed by atoms with Gasteiger partial charge in [0.15, 0.2) is 11.4 Å². The maximum atomic E-state index is 18.3. The van der Waals surface area contributed by atoms with Gasteiger partial charge in [-0.05, 0) is 53.9 Å². The summed E-state index contributed by atoms with van der Waals surface area (Å²) in [5.41, 5.74) is -0.180. The highest BCUT2D eigenvalue weighted by Gasteiger charge is 2.62. The molecule has 2 nitrogen and oxygen atoms in total. The first-order chi connectivity index (χ1) is 25.5. The minimum absolute atomic E-state index is 0.0312. The standard InChI is InChI=1S/C43H41BF7N2/c45-42(46,47)36-33(26-28-16-6-1-7-17-28)40-35(30-20-10-3-11-21-30)41-34(27-29-18-8-2-9-19-29)37(43(48,49)50)39(32-24-14-5-15-25-32)53(41)44(51)52(40)38(36)31-22-12-4-13-23-31/h1-3,6-11,16-21,31-32H,4-5,12-15,22-27H2/q+1. The minimum Gasteiger partial charge on any atom is -0.289 e. The lowest BCUT2D eigenvalue weighted by molar-refractivity contribution is -0.340. The fourth-order valence-electron chi connectivity index (χ4n) is 9.54. The van der Waals surface area contributed by atoms with Crippen LogP contribution in [0.1, 0.15) is 109 Å². The molecule has 0 N–H and O–H groups in total. The monoisotopic (exact) mass is 729 g/mol. The van der Waals surface area contributed by atoms with Gasteiger partial charge in [0, 0.05) is 30.0 Å². The fourth-order valence-corrected chi connectivity index (χ4v) is 9.54. The Morgan fingerprint density at radius 3 is 1.66 bits per heavy atom. The Bertz CT molecular complexity index is 2060. The highest BCUT2D eigenvalue weighted by Crippen LogP contribution is 2.53. The van der Waals surface area contributed by atoms with Gasteiger partial charge in [0.05, 0.1) is 16.8 Å². The Morgan fingerprint density at radius 1 is 0.623 bits per heavy atom. The zero-order chi connectivity index (χ0) is 36.9. The number of rotatable bonds is 7. The molecular formula is C43H41BF7N2+. The van der Waals surface area contributed by atoms with Gasteiger partial charge in [-0.3, -0.25) is 4.48 Å². The maximum absolute atomic E-state index is 18.3. The molecule has 2 saturated carbocycles. The molecule has 3 heterocycles. The highest BCUT2D eigenvalue weighted by atomic mass is 19.4. The summed E-state index contributed by atoms with van der Waals surface area (Å²) in [6, 6.07) is 26.2. The molecule has 2 aliphatic carbocycles. The van der Waals surface area contributed by atoms with Crippen LogP contribution in [0, 0.1) is 5.92 Å². The molecule has 1 aromatic heterocycles. The Labute approximate surface area is 305 Å². The third kappa shape index (κ3) is 6.50. The molecule has 0 bridgehead atoms. The van der Waals surface area contributed by atoms with E-state index in [2.05, 4.69) is 0 Å². The fraction of sp³-hybridized carbons (Fsp3) is 0.372. The minimum atomic E-state index is -4.84. The summed E-state index contributed by atoms with van der Waals surface area (Å²) in [6.07, 6.45) is -3.66. The number of alkyl halides is 6. The number of aromatic nitrogens is 1. The predicted octanol–water partition coefficient (Wildman–Crippen LogP) is 11.9. The van der Waals surface area contributed by atoms with Crippen molar-refractivity contribution in [3.63, 3.8) is 0 Å². The summed E-state index contributed by atoms with van der Waals surface area (Å²) < 4.78 is 116. The van der Waals surface area contributed by atoms with Crippen LogP contribution in [0.25, 0.3) is 5.57 Å². The van der Waals surface area contributed by atoms with Crippen molar-refractivity contribution in [2.75, 3.05) is 0 Å². The Balaban J connectivity index is 1.55. The summed E-state index contributed by atoms with van der Waals surface area (Å²) in [5.74, 6) is -1.19. The molecule has 274 valence electrons. The molecule has 4 aliphatic rings. The topological polar surface area (TPSA) is 7.94 Å². The van der Waals surface area contributed by atoms with Crippen molar-refractivity contribution in [1.29, 1.82) is 0 Å². The van der Waals surface area contributed by atoms with Gasteiger partial charge in [0.2, 0.25) is 0 Å². The van der Waals surface area contributed by atoms with Crippen LogP contribution in [0.3, 0.4) is 0 Å². The average molecular weight is 730 g/mol. The molecule has 2 fully saturated rings. The van der Waals surface area contributed by atoms with Gasteiger partial charge in [0.1, 0.15) is 5.57 Å². The van der Waals surface area contributed by atoms with Crippen LogP contribution in [0.2, 0.25) is 0 Å². The molecule has 0 atom stereocenters. The zero-order valence-electron chi connectivity index (χ0n) is 29.4. The van der Waals surface area contributed by atoms with Gasteiger partial charge in [-0.25, -0.2) is 8.80 Å². The van der Waals surface area contributed by atoms with E-state index >= 15 is 30.7 Å². The van der Waals surface area contributed by atoms with E-state index in [1.807, 2.05) is 0 Å². The van der Waals surface area contributed by atoms with E-state index in [0.29, 0.717) is 68.1 Å². The van der Waals surface area contributed by atoms with Crippen LogP contribution in [0.4, 0.5) is 30.7 Å². The molecule has 4 aromatic rings. The third-order valence-electron chi connectivity index (χ3n) is 11.6. The summed E-state index contributed by atoms with van der Waals surface area (Å²) in [7, 11) is -2.31. The van der Waals surface area contributed by atoms with Crippen molar-refractivity contribution in [3.8, 4) is 0 Å². The number of hydrogen-bond acceptors (Lipinski definition) is 0. The first kappa shape index (κ1) is 35.7. The van der Waals surface area contributed by atoms with Crippen LogP contribution in [0.15, 0.2) is 108 Å². The number of fused-ring (bicyclic) bond motifs is 2. The van der Waals surface area contributed by atoms with Crippen LogP contribution < -0.4 is 0 Å². The smallest absolute Gasteiger partial charge is 0.289 e. The lowest BCUT2D eigenvalue weighted by atomic mass is 9.81. The Morgan fingerprint density at radius 2 is 1.13 bits per heavy atom. The van der Waals surface area contributed by atoms with E-state index in [1.165, 1.54) is 8.96 Å². The van der Waals surface area contributed by atoms with Gasteiger partial charge < -0.3 is 0 Å². The summed E-state index contributed by atoms with van der Waals surface area (Å²) in [5, 5.41) is 0. The lowest BCUT2D eigenvalue weighted by Gasteiger charge is -2.28. The van der Waals surface area contributed by atoms with E-state index in [-0.39, 0.29) is 52.3 Å². The normalized spacial score (nSPS) is 19.0. The van der Waals surface area contributed by atoms with Crippen molar-refractivity contribution < 1.29 is 35.1 Å². The zero-order valence-corrected chi connectivity index (χ0v) is 29.4. The molecule has 0 radical (unpaired) electrons. The van der Waals surface area contributed by atoms with Crippen LogP contribution in [-0.2, 0) is 19.0 Å². The first-order valence-electron chi connectivity index (χ1n) is 18.9. The number of nitrogens with zero attached hydrogens (tertiary/aromatic N) is 2. The van der Waals surface area contributed by atoms with E-state index in [0.717, 1.165) is 12.8 Å². The molecule has 0 amide bonds. The van der Waals surface area contributed by atoms with Crippen molar-refractivity contribution in [3.05, 3.63) is 147 Å². The summed E-state index contributed by atoms with van der Waals surface area (Å²) in [4.78, 5) is 0. The number of allylic oxidation sites excluding steroid dienone is 2. The molecule has 0 unspecified atom stereocenters. The SMILES string of the molecule is FB1n2c(c(Cc3ccccc3)c(C(F)(F)F)c2C2CCCCC2)C(c2ccccc2)=C2C(Cc3ccccc3)=C(C(F)(F)F)C(C3CCCCC3)=[N+]12. The molecule has 53 heavy (non-hydrogen) atoms. The van der Waals surface area contributed by atoms with Gasteiger partial charge in [-0.15, -0.1) is 0 Å². The van der Waals surface area contributed by atoms with E-state index in [1.54, 1.807) is 91.0 Å². The van der Waals surface area contributed by atoms with Gasteiger partial charge >= 0.3 is 19.6 Å². The lowest BCUT2D eigenvalue weighted by Crippen LogP contribution is -2.44. The van der Waals surface area contributed by atoms with E-state index < -0.39 is 42.6 Å². The largest absolute Gasteiger partial charge is 0.846 e. The number of benzene rings is 3. The van der Waals surface area contributed by atoms with Gasteiger partial charge in [-0.2, -0.15) is 26.3 Å². The molecule has 2 aliphatic heterocycles. The van der Waals surface area contributed by atoms with Crippen molar-refractivity contribution in [1.82, 2.24) is 4.48 Å². The summed E-state index contributed by atoms with van der Waals surface area (Å²) >= 11 is 0. The Hall–Kier alpha value is -4.34. The van der Waals surface area contributed by atoms with Crippen LogP contribution in [0.5, 0.6) is 0 Å².